The zero-order chi connectivity index (χ0) is 10.9. The summed E-state index contributed by atoms with van der Waals surface area (Å²) >= 11 is 0. The molecule has 0 spiro atoms. The Labute approximate surface area is 86.6 Å². The number of nitrogens with two attached hydrogens (primary N) is 1. The van der Waals surface area contributed by atoms with Crippen molar-refractivity contribution in [3.8, 4) is 0 Å². The molecule has 0 aliphatic heterocycles. The first-order valence-electron chi connectivity index (χ1n) is 5.37. The van der Waals surface area contributed by atoms with E-state index in [1.54, 1.807) is 0 Å². The minimum absolute atomic E-state index is 0.166. The van der Waals surface area contributed by atoms with Crippen molar-refractivity contribution in [1.82, 2.24) is 4.90 Å². The molecule has 1 aliphatic carbocycles. The van der Waals surface area contributed by atoms with Crippen LogP contribution >= 0.6 is 0 Å². The molecule has 0 saturated heterocycles. The summed E-state index contributed by atoms with van der Waals surface area (Å²) in [5, 5.41) is 0. The summed E-state index contributed by atoms with van der Waals surface area (Å²) in [5.41, 5.74) is 5.17. The molecule has 0 aromatic heterocycles. The monoisotopic (exact) mass is 198 g/mol. The highest BCUT2D eigenvalue weighted by molar-refractivity contribution is 5.82. The average Bonchev–Trinajstić information content (AvgIpc) is 2.97. The quantitative estimate of drug-likeness (QED) is 0.738. The van der Waals surface area contributed by atoms with Crippen molar-refractivity contribution < 1.29 is 4.79 Å². The molecule has 1 unspecified atom stereocenters. The number of carbonyl (C=O) groups is 1. The molecule has 2 N–H and O–H groups in total. The summed E-state index contributed by atoms with van der Waals surface area (Å²) in [5.74, 6) is 0.886. The third kappa shape index (κ3) is 2.27. The van der Waals surface area contributed by atoms with Crippen LogP contribution in [0.25, 0.3) is 0 Å². The maximum Gasteiger partial charge on any atom is 0.229 e. The molecule has 1 fully saturated rings. The molecule has 1 saturated carbocycles. The predicted octanol–water partition coefficient (Wildman–Crippen LogP) is 1.23. The number of carbonyl (C=O) groups excluding carboxylic acids is 1. The zero-order valence-electron chi connectivity index (χ0n) is 9.71. The minimum atomic E-state index is -0.419. The average molecular weight is 198 g/mol. The number of amides is 1. The standard InChI is InChI=1S/C11H22N2O/c1-8(9-5-6-9)13(4)10(14)11(2,3)7-12/h8-9H,5-7,12H2,1-4H3. The molecule has 1 aliphatic rings. The molecule has 0 aromatic carbocycles. The van der Waals surface area contributed by atoms with Crippen LogP contribution in [0.3, 0.4) is 0 Å². The third-order valence-electron chi connectivity index (χ3n) is 3.32. The smallest absolute Gasteiger partial charge is 0.229 e. The Kier molecular flexibility index (Phi) is 3.20. The largest absolute Gasteiger partial charge is 0.342 e. The topological polar surface area (TPSA) is 46.3 Å². The van der Waals surface area contributed by atoms with E-state index in [2.05, 4.69) is 6.92 Å². The van der Waals surface area contributed by atoms with Crippen LogP contribution in [-0.2, 0) is 4.79 Å². The Morgan fingerprint density at radius 2 is 2.07 bits per heavy atom. The summed E-state index contributed by atoms with van der Waals surface area (Å²) in [6, 6.07) is 0.369. The summed E-state index contributed by atoms with van der Waals surface area (Å²) < 4.78 is 0. The summed E-state index contributed by atoms with van der Waals surface area (Å²) in [6.45, 7) is 6.35. The van der Waals surface area contributed by atoms with Gasteiger partial charge in [0.25, 0.3) is 0 Å². The highest BCUT2D eigenvalue weighted by Crippen LogP contribution is 2.35. The van der Waals surface area contributed by atoms with Crippen LogP contribution in [0.5, 0.6) is 0 Å². The Hall–Kier alpha value is -0.570. The molecule has 1 rings (SSSR count). The van der Waals surface area contributed by atoms with E-state index in [1.165, 1.54) is 12.8 Å². The van der Waals surface area contributed by atoms with Gasteiger partial charge in [0.05, 0.1) is 5.41 Å². The van der Waals surface area contributed by atoms with Crippen molar-refractivity contribution >= 4 is 5.91 Å². The second kappa shape index (κ2) is 3.89. The van der Waals surface area contributed by atoms with Crippen LogP contribution in [-0.4, -0.2) is 30.4 Å². The first-order chi connectivity index (χ1) is 6.40. The zero-order valence-corrected chi connectivity index (χ0v) is 9.71. The van der Waals surface area contributed by atoms with Gasteiger partial charge >= 0.3 is 0 Å². The van der Waals surface area contributed by atoms with Gasteiger partial charge in [0, 0.05) is 19.6 Å². The van der Waals surface area contributed by atoms with E-state index in [-0.39, 0.29) is 5.91 Å². The summed E-state index contributed by atoms with van der Waals surface area (Å²) in [6.07, 6.45) is 2.53. The van der Waals surface area contributed by atoms with Crippen molar-refractivity contribution in [2.45, 2.75) is 39.7 Å². The molecule has 3 heteroatoms. The van der Waals surface area contributed by atoms with Gasteiger partial charge in [0.15, 0.2) is 0 Å². The van der Waals surface area contributed by atoms with Gasteiger partial charge in [0.2, 0.25) is 5.91 Å². The van der Waals surface area contributed by atoms with Crippen LogP contribution in [0.4, 0.5) is 0 Å². The van der Waals surface area contributed by atoms with Crippen LogP contribution < -0.4 is 5.73 Å². The van der Waals surface area contributed by atoms with Gasteiger partial charge in [-0.2, -0.15) is 0 Å². The van der Waals surface area contributed by atoms with Crippen molar-refractivity contribution in [1.29, 1.82) is 0 Å². The van der Waals surface area contributed by atoms with Crippen molar-refractivity contribution in [3.63, 3.8) is 0 Å². The molecule has 0 radical (unpaired) electrons. The molecular weight excluding hydrogens is 176 g/mol. The Morgan fingerprint density at radius 3 is 2.43 bits per heavy atom. The third-order valence-corrected chi connectivity index (χ3v) is 3.32. The fourth-order valence-electron chi connectivity index (χ4n) is 1.64. The highest BCUT2D eigenvalue weighted by atomic mass is 16.2. The van der Waals surface area contributed by atoms with E-state index < -0.39 is 5.41 Å². The summed E-state index contributed by atoms with van der Waals surface area (Å²) in [4.78, 5) is 13.9. The van der Waals surface area contributed by atoms with Crippen molar-refractivity contribution in [3.05, 3.63) is 0 Å². The Balaban J connectivity index is 2.58. The highest BCUT2D eigenvalue weighted by Gasteiger charge is 2.36. The van der Waals surface area contributed by atoms with Gasteiger partial charge in [-0.25, -0.2) is 0 Å². The second-order valence-corrected chi connectivity index (χ2v) is 5.08. The van der Waals surface area contributed by atoms with E-state index in [4.69, 9.17) is 5.73 Å². The molecule has 82 valence electrons. The van der Waals surface area contributed by atoms with Crippen molar-refractivity contribution in [2.75, 3.05) is 13.6 Å². The molecule has 0 aromatic rings. The van der Waals surface area contributed by atoms with Gasteiger partial charge in [-0.1, -0.05) is 0 Å². The first kappa shape index (κ1) is 11.5. The maximum atomic E-state index is 12.0. The Morgan fingerprint density at radius 1 is 1.57 bits per heavy atom. The molecule has 1 amide bonds. The van der Waals surface area contributed by atoms with E-state index in [1.807, 2.05) is 25.8 Å². The van der Waals surface area contributed by atoms with Crippen LogP contribution in [0, 0.1) is 11.3 Å². The molecule has 1 atom stereocenters. The molecule has 3 nitrogen and oxygen atoms in total. The van der Waals surface area contributed by atoms with E-state index >= 15 is 0 Å². The van der Waals surface area contributed by atoms with Gasteiger partial charge in [-0.3, -0.25) is 4.79 Å². The second-order valence-electron chi connectivity index (χ2n) is 5.08. The van der Waals surface area contributed by atoms with Gasteiger partial charge in [-0.05, 0) is 39.5 Å². The lowest BCUT2D eigenvalue weighted by Gasteiger charge is -2.32. The van der Waals surface area contributed by atoms with E-state index in [0.717, 1.165) is 5.92 Å². The molecule has 0 heterocycles. The lowest BCUT2D eigenvalue weighted by molar-refractivity contribution is -0.140. The lowest BCUT2D eigenvalue weighted by Crippen LogP contribution is -2.47. The van der Waals surface area contributed by atoms with Gasteiger partial charge < -0.3 is 10.6 Å². The summed E-state index contributed by atoms with van der Waals surface area (Å²) in [7, 11) is 1.89. The fraction of sp³-hybridized carbons (Fsp3) is 0.909. The number of hydrogen-bond acceptors (Lipinski definition) is 2. The number of nitrogens with zero attached hydrogens (tertiary/aromatic N) is 1. The van der Waals surface area contributed by atoms with Crippen molar-refractivity contribution in [2.24, 2.45) is 17.1 Å². The normalized spacial score (nSPS) is 19.2. The SMILES string of the molecule is CC(C1CC1)N(C)C(=O)C(C)(C)CN. The van der Waals surface area contributed by atoms with Gasteiger partial charge in [0.1, 0.15) is 0 Å². The van der Waals surface area contributed by atoms with Crippen LogP contribution in [0.2, 0.25) is 0 Å². The molecule has 0 bridgehead atoms. The number of rotatable bonds is 4. The fourth-order valence-corrected chi connectivity index (χ4v) is 1.64. The van der Waals surface area contributed by atoms with Gasteiger partial charge in [-0.15, -0.1) is 0 Å². The van der Waals surface area contributed by atoms with Crippen LogP contribution in [0.1, 0.15) is 33.6 Å². The predicted molar refractivity (Wildman–Crippen MR) is 57.8 cm³/mol. The van der Waals surface area contributed by atoms with E-state index in [0.29, 0.717) is 12.6 Å². The van der Waals surface area contributed by atoms with Crippen LogP contribution in [0.15, 0.2) is 0 Å². The van der Waals surface area contributed by atoms with E-state index in [9.17, 15) is 4.79 Å². The molecule has 14 heavy (non-hydrogen) atoms. The first-order valence-corrected chi connectivity index (χ1v) is 5.37. The lowest BCUT2D eigenvalue weighted by atomic mass is 9.91. The maximum absolute atomic E-state index is 12.0. The number of hydrogen-bond donors (Lipinski definition) is 1. The molecular formula is C11H22N2O. The minimum Gasteiger partial charge on any atom is -0.342 e. The Bertz CT molecular complexity index is 221.